The van der Waals surface area contributed by atoms with Crippen LogP contribution in [0.4, 0.5) is 0 Å². The lowest BCUT2D eigenvalue weighted by Crippen LogP contribution is -1.93. The van der Waals surface area contributed by atoms with Gasteiger partial charge in [-0.15, -0.1) is 0 Å². The highest BCUT2D eigenvalue weighted by atomic mass is 17.1. The Bertz CT molecular complexity index is 378. The molecule has 0 aromatic rings. The van der Waals surface area contributed by atoms with E-state index in [1.54, 1.807) is 6.08 Å². The third-order valence-electron chi connectivity index (χ3n) is 3.49. The second-order valence-electron chi connectivity index (χ2n) is 5.58. The summed E-state index contributed by atoms with van der Waals surface area (Å²) in [5.74, 6) is -0.778. The molecule has 0 saturated carbocycles. The summed E-state index contributed by atoms with van der Waals surface area (Å²) in [6.45, 7) is 2.26. The average Bonchev–Trinajstić information content (AvgIpc) is 2.57. The minimum absolute atomic E-state index is 0.778. The Morgan fingerprint density at radius 3 is 1.91 bits per heavy atom. The van der Waals surface area contributed by atoms with Crippen molar-refractivity contribution in [1.29, 1.82) is 0 Å². The Labute approximate surface area is 141 Å². The molecule has 0 unspecified atom stereocenters. The maximum atomic E-state index is 10.6. The Balaban J connectivity index is 3.40. The van der Waals surface area contributed by atoms with Crippen LogP contribution in [0.1, 0.15) is 71.1 Å². The molecule has 0 amide bonds. The molecule has 3 nitrogen and oxygen atoms in total. The van der Waals surface area contributed by atoms with Crippen LogP contribution in [0.2, 0.25) is 0 Å². The summed E-state index contributed by atoms with van der Waals surface area (Å²) in [6.07, 6.45) is 27.6. The fraction of sp³-hybridized carbons (Fsp3) is 0.550. The first-order chi connectivity index (χ1) is 11.3. The molecule has 0 bridgehead atoms. The monoisotopic (exact) mass is 320 g/mol. The van der Waals surface area contributed by atoms with Gasteiger partial charge >= 0.3 is 5.97 Å². The van der Waals surface area contributed by atoms with Gasteiger partial charge in [0.1, 0.15) is 0 Å². The molecule has 0 rings (SSSR count). The van der Waals surface area contributed by atoms with Gasteiger partial charge in [0.25, 0.3) is 0 Å². The Morgan fingerprint density at radius 2 is 1.30 bits per heavy atom. The summed E-state index contributed by atoms with van der Waals surface area (Å²) in [5, 5.41) is 8.02. The van der Waals surface area contributed by atoms with Gasteiger partial charge in [-0.25, -0.2) is 4.79 Å². The van der Waals surface area contributed by atoms with Crippen LogP contribution in [0, 0.1) is 0 Å². The zero-order valence-corrected chi connectivity index (χ0v) is 14.5. The number of hydrogen-bond acceptors (Lipinski definition) is 3. The molecule has 0 aliphatic rings. The smallest absolute Gasteiger partial charge is 0.296 e. The predicted molar refractivity (Wildman–Crippen MR) is 97.1 cm³/mol. The van der Waals surface area contributed by atoms with Crippen molar-refractivity contribution in [3.63, 3.8) is 0 Å². The molecule has 0 aromatic heterocycles. The lowest BCUT2D eigenvalue weighted by atomic mass is 10.1. The van der Waals surface area contributed by atoms with Crippen molar-refractivity contribution in [2.24, 2.45) is 0 Å². The van der Waals surface area contributed by atoms with E-state index in [2.05, 4.69) is 17.9 Å². The van der Waals surface area contributed by atoms with E-state index in [9.17, 15) is 4.79 Å². The van der Waals surface area contributed by atoms with E-state index in [-0.39, 0.29) is 0 Å². The topological polar surface area (TPSA) is 46.5 Å². The van der Waals surface area contributed by atoms with E-state index < -0.39 is 5.97 Å². The third-order valence-corrected chi connectivity index (χ3v) is 3.49. The number of carbonyl (C=O) groups is 1. The SMILES string of the molecule is CCCCCCCCCCC/C=C/C=C/C=C/C=C/C(=O)OO. The first-order valence-electron chi connectivity index (χ1n) is 8.83. The van der Waals surface area contributed by atoms with Crippen LogP contribution in [0.3, 0.4) is 0 Å². The molecule has 3 heteroatoms. The van der Waals surface area contributed by atoms with Gasteiger partial charge < -0.3 is 0 Å². The molecule has 0 spiro atoms. The molecule has 0 saturated heterocycles. The molecule has 0 heterocycles. The number of rotatable bonds is 14. The summed E-state index contributed by atoms with van der Waals surface area (Å²) in [4.78, 5) is 14.0. The van der Waals surface area contributed by atoms with E-state index in [1.807, 2.05) is 24.3 Å². The van der Waals surface area contributed by atoms with E-state index in [0.717, 1.165) is 12.5 Å². The molecule has 0 aliphatic heterocycles. The Morgan fingerprint density at radius 1 is 0.783 bits per heavy atom. The van der Waals surface area contributed by atoms with E-state index >= 15 is 0 Å². The molecule has 130 valence electrons. The van der Waals surface area contributed by atoms with E-state index in [4.69, 9.17) is 5.26 Å². The van der Waals surface area contributed by atoms with Crippen molar-refractivity contribution in [2.45, 2.75) is 71.1 Å². The van der Waals surface area contributed by atoms with Crippen molar-refractivity contribution in [2.75, 3.05) is 0 Å². The van der Waals surface area contributed by atoms with Gasteiger partial charge in [-0.3, -0.25) is 4.89 Å². The third kappa shape index (κ3) is 18.3. The first-order valence-corrected chi connectivity index (χ1v) is 8.83. The van der Waals surface area contributed by atoms with E-state index in [0.29, 0.717) is 0 Å². The maximum absolute atomic E-state index is 10.6. The van der Waals surface area contributed by atoms with Crippen LogP contribution in [-0.4, -0.2) is 11.2 Å². The Kier molecular flexibility index (Phi) is 17.1. The van der Waals surface area contributed by atoms with Crippen molar-refractivity contribution < 1.29 is 14.9 Å². The standard InChI is InChI=1S/C20H32O3/c1-2-3-4-5-6-7-8-9-10-11-12-13-14-15-16-17-18-19-20(21)23-22/h12-19,22H,2-11H2,1H3/b13-12+,15-14+,17-16+,19-18+. The van der Waals surface area contributed by atoms with Gasteiger partial charge in [-0.1, -0.05) is 101 Å². The average molecular weight is 320 g/mol. The largest absolute Gasteiger partial charge is 0.365 e. The summed E-state index contributed by atoms with van der Waals surface area (Å²) in [5.41, 5.74) is 0. The normalized spacial score (nSPS) is 12.3. The van der Waals surface area contributed by atoms with Crippen molar-refractivity contribution >= 4 is 5.97 Å². The summed E-state index contributed by atoms with van der Waals surface area (Å²) < 4.78 is 0. The zero-order chi connectivity index (χ0) is 17.0. The van der Waals surface area contributed by atoms with E-state index in [1.165, 1.54) is 63.9 Å². The number of hydrogen-bond donors (Lipinski definition) is 1. The molecule has 0 aliphatic carbocycles. The molecule has 1 N–H and O–H groups in total. The highest BCUT2D eigenvalue weighted by molar-refractivity contribution is 5.81. The van der Waals surface area contributed by atoms with Crippen molar-refractivity contribution in [3.05, 3.63) is 48.6 Å². The number of allylic oxidation sites excluding steroid dienone is 7. The van der Waals surface area contributed by atoms with Gasteiger partial charge in [0.2, 0.25) is 0 Å². The van der Waals surface area contributed by atoms with Crippen LogP contribution in [0.5, 0.6) is 0 Å². The number of unbranched alkanes of at least 4 members (excludes halogenated alkanes) is 9. The first kappa shape index (κ1) is 21.4. The van der Waals surface area contributed by atoms with Gasteiger partial charge in [0, 0.05) is 6.08 Å². The van der Waals surface area contributed by atoms with Gasteiger partial charge in [0.15, 0.2) is 0 Å². The minimum Gasteiger partial charge on any atom is -0.296 e. The molecule has 0 radical (unpaired) electrons. The fourth-order valence-corrected chi connectivity index (χ4v) is 2.17. The van der Waals surface area contributed by atoms with Gasteiger partial charge in [0.05, 0.1) is 0 Å². The number of carbonyl (C=O) groups excluding carboxylic acids is 1. The van der Waals surface area contributed by atoms with Crippen molar-refractivity contribution in [1.82, 2.24) is 0 Å². The second-order valence-corrected chi connectivity index (χ2v) is 5.58. The molecular formula is C20H32O3. The maximum Gasteiger partial charge on any atom is 0.365 e. The second kappa shape index (κ2) is 18.4. The van der Waals surface area contributed by atoms with Crippen LogP contribution in [-0.2, 0) is 9.68 Å². The summed E-state index contributed by atoms with van der Waals surface area (Å²) in [6, 6.07) is 0. The molecule has 0 atom stereocenters. The van der Waals surface area contributed by atoms with Crippen LogP contribution < -0.4 is 0 Å². The Hall–Kier alpha value is -1.61. The van der Waals surface area contributed by atoms with Crippen LogP contribution >= 0.6 is 0 Å². The molecular weight excluding hydrogens is 288 g/mol. The molecule has 0 fully saturated rings. The molecule has 23 heavy (non-hydrogen) atoms. The van der Waals surface area contributed by atoms with Crippen molar-refractivity contribution in [3.8, 4) is 0 Å². The van der Waals surface area contributed by atoms with Gasteiger partial charge in [-0.2, -0.15) is 5.26 Å². The summed E-state index contributed by atoms with van der Waals surface area (Å²) in [7, 11) is 0. The lowest BCUT2D eigenvalue weighted by Gasteiger charge is -2.00. The molecule has 0 aromatic carbocycles. The van der Waals surface area contributed by atoms with Gasteiger partial charge in [-0.05, 0) is 12.8 Å². The lowest BCUT2D eigenvalue weighted by molar-refractivity contribution is -0.228. The predicted octanol–water partition coefficient (Wildman–Crippen LogP) is 6.15. The summed E-state index contributed by atoms with van der Waals surface area (Å²) >= 11 is 0. The van der Waals surface area contributed by atoms with Crippen LogP contribution in [0.25, 0.3) is 0 Å². The quantitative estimate of drug-likeness (QED) is 0.137. The highest BCUT2D eigenvalue weighted by Gasteiger charge is 1.91. The zero-order valence-electron chi connectivity index (χ0n) is 14.5. The fourth-order valence-electron chi connectivity index (χ4n) is 2.17. The minimum atomic E-state index is -0.778. The highest BCUT2D eigenvalue weighted by Crippen LogP contribution is 2.10. The van der Waals surface area contributed by atoms with Crippen LogP contribution in [0.15, 0.2) is 48.6 Å².